The molecule has 1 N–H and O–H groups in total. The number of benzene rings is 1. The van der Waals surface area contributed by atoms with Crippen molar-refractivity contribution in [2.45, 2.75) is 38.6 Å². The number of rotatable bonds is 5. The van der Waals surface area contributed by atoms with Crippen molar-refractivity contribution < 1.29 is 9.85 Å². The summed E-state index contributed by atoms with van der Waals surface area (Å²) in [5.74, 6) is 2.06. The van der Waals surface area contributed by atoms with E-state index in [0.29, 0.717) is 17.5 Å². The minimum absolute atomic E-state index is 0.135. The van der Waals surface area contributed by atoms with Gasteiger partial charge in [0.15, 0.2) is 0 Å². The van der Waals surface area contributed by atoms with Crippen LogP contribution in [0.4, 0.5) is 17.1 Å². The summed E-state index contributed by atoms with van der Waals surface area (Å²) in [6, 6.07) is 3.91. The van der Waals surface area contributed by atoms with E-state index in [2.05, 4.69) is 12.2 Å². The van der Waals surface area contributed by atoms with E-state index in [-0.39, 0.29) is 17.4 Å². The summed E-state index contributed by atoms with van der Waals surface area (Å²) in [6.45, 7) is 2.05. The summed E-state index contributed by atoms with van der Waals surface area (Å²) in [5.41, 5.74) is -0.125. The number of hydrogen-bond acceptors (Lipinski definition) is 5. The van der Waals surface area contributed by atoms with Crippen LogP contribution in [-0.4, -0.2) is 15.9 Å². The van der Waals surface area contributed by atoms with Crippen molar-refractivity contribution in [3.05, 3.63) is 38.4 Å². The molecular formula is C15H19N3O4. The lowest BCUT2D eigenvalue weighted by Gasteiger charge is -2.29. The topological polar surface area (TPSA) is 98.3 Å². The summed E-state index contributed by atoms with van der Waals surface area (Å²) in [5, 5.41) is 25.2. The zero-order valence-electron chi connectivity index (χ0n) is 12.4. The van der Waals surface area contributed by atoms with Crippen LogP contribution >= 0.6 is 0 Å². The van der Waals surface area contributed by atoms with Gasteiger partial charge in [0.25, 0.3) is 11.4 Å². The van der Waals surface area contributed by atoms with Gasteiger partial charge < -0.3 is 5.32 Å². The van der Waals surface area contributed by atoms with Gasteiger partial charge in [0.05, 0.1) is 15.9 Å². The highest BCUT2D eigenvalue weighted by atomic mass is 16.6. The molecule has 0 radical (unpaired) electrons. The number of nitro groups is 2. The number of nitrogens with zero attached hydrogens (tertiary/aromatic N) is 2. The van der Waals surface area contributed by atoms with Crippen LogP contribution in [0.1, 0.15) is 32.6 Å². The Bertz CT molecular complexity index is 619. The van der Waals surface area contributed by atoms with Gasteiger partial charge in [0, 0.05) is 12.1 Å². The lowest BCUT2D eigenvalue weighted by atomic mass is 9.84. The predicted octanol–water partition coefficient (Wildman–Crippen LogP) is 3.74. The fourth-order valence-corrected chi connectivity index (χ4v) is 4.17. The first kappa shape index (κ1) is 14.7. The molecule has 2 fully saturated rings. The first-order valence-corrected chi connectivity index (χ1v) is 7.65. The molecule has 0 heterocycles. The maximum atomic E-state index is 11.2. The number of anilines is 1. The normalized spacial score (nSPS) is 27.6. The second-order valence-corrected chi connectivity index (χ2v) is 6.49. The lowest BCUT2D eigenvalue weighted by molar-refractivity contribution is -0.393. The molecule has 0 saturated heterocycles. The van der Waals surface area contributed by atoms with Gasteiger partial charge >= 0.3 is 0 Å². The fourth-order valence-electron chi connectivity index (χ4n) is 4.17. The molecule has 2 aliphatic rings. The number of hydrogen-bond donors (Lipinski definition) is 1. The van der Waals surface area contributed by atoms with Crippen LogP contribution in [0.3, 0.4) is 0 Å². The molecule has 7 nitrogen and oxygen atoms in total. The van der Waals surface area contributed by atoms with Crippen molar-refractivity contribution in [3.8, 4) is 0 Å². The standard InChI is InChI=1S/C15H19N3O4/c1-9(13-7-10-2-3-11(13)6-10)16-14-5-4-12(17(19)20)8-15(14)18(21)22/h4-5,8-11,13,16H,2-3,6-7H2,1H3/t9-,10+,11+,13+/m1/s1. The van der Waals surface area contributed by atoms with E-state index in [4.69, 9.17) is 0 Å². The van der Waals surface area contributed by atoms with Gasteiger partial charge in [0.1, 0.15) is 5.69 Å². The van der Waals surface area contributed by atoms with Gasteiger partial charge in [-0.05, 0) is 50.0 Å². The second kappa shape index (κ2) is 5.55. The Morgan fingerprint density at radius 2 is 1.95 bits per heavy atom. The summed E-state index contributed by atoms with van der Waals surface area (Å²) >= 11 is 0. The number of fused-ring (bicyclic) bond motifs is 2. The zero-order chi connectivity index (χ0) is 15.9. The monoisotopic (exact) mass is 305 g/mol. The highest BCUT2D eigenvalue weighted by Crippen LogP contribution is 2.50. The van der Waals surface area contributed by atoms with Crippen LogP contribution in [0.5, 0.6) is 0 Å². The Hall–Kier alpha value is -2.18. The van der Waals surface area contributed by atoms with Crippen LogP contribution in [-0.2, 0) is 0 Å². The third kappa shape index (κ3) is 2.63. The third-order valence-corrected chi connectivity index (χ3v) is 5.21. The van der Waals surface area contributed by atoms with Crippen molar-refractivity contribution in [1.29, 1.82) is 0 Å². The summed E-state index contributed by atoms with van der Waals surface area (Å²) in [7, 11) is 0. The maximum absolute atomic E-state index is 11.2. The van der Waals surface area contributed by atoms with Crippen molar-refractivity contribution in [3.63, 3.8) is 0 Å². The Balaban J connectivity index is 1.79. The lowest BCUT2D eigenvalue weighted by Crippen LogP contribution is -2.30. The van der Waals surface area contributed by atoms with Gasteiger partial charge in [-0.3, -0.25) is 20.2 Å². The Morgan fingerprint density at radius 1 is 1.18 bits per heavy atom. The fraction of sp³-hybridized carbons (Fsp3) is 0.600. The molecule has 4 atom stereocenters. The molecule has 0 unspecified atom stereocenters. The molecule has 118 valence electrons. The Labute approximate surface area is 128 Å². The van der Waals surface area contributed by atoms with E-state index in [1.54, 1.807) is 0 Å². The van der Waals surface area contributed by atoms with Crippen LogP contribution in [0.15, 0.2) is 18.2 Å². The molecule has 1 aromatic carbocycles. The third-order valence-electron chi connectivity index (χ3n) is 5.21. The van der Waals surface area contributed by atoms with Gasteiger partial charge in [-0.25, -0.2) is 0 Å². The number of nitrogens with one attached hydrogen (secondary N) is 1. The molecule has 0 amide bonds. The average molecular weight is 305 g/mol. The second-order valence-electron chi connectivity index (χ2n) is 6.49. The predicted molar refractivity (Wildman–Crippen MR) is 81.8 cm³/mol. The van der Waals surface area contributed by atoms with Crippen LogP contribution < -0.4 is 5.32 Å². The van der Waals surface area contributed by atoms with Gasteiger partial charge in [-0.15, -0.1) is 0 Å². The SMILES string of the molecule is C[C@@H](Nc1ccc([N+](=O)[O-])cc1[N+](=O)[O-])[C@@H]1C[C@H]2CC[C@H]1C2. The van der Waals surface area contributed by atoms with Crippen molar-refractivity contribution in [1.82, 2.24) is 0 Å². The molecule has 0 aromatic heterocycles. The van der Waals surface area contributed by atoms with Crippen LogP contribution in [0.2, 0.25) is 0 Å². The first-order chi connectivity index (χ1) is 10.5. The molecule has 0 aliphatic heterocycles. The Morgan fingerprint density at radius 3 is 2.50 bits per heavy atom. The summed E-state index contributed by atoms with van der Waals surface area (Å²) in [4.78, 5) is 20.8. The minimum atomic E-state index is -0.615. The number of non-ortho nitro benzene ring substituents is 1. The average Bonchev–Trinajstić information content (AvgIpc) is 3.09. The van der Waals surface area contributed by atoms with E-state index >= 15 is 0 Å². The molecule has 2 saturated carbocycles. The van der Waals surface area contributed by atoms with E-state index < -0.39 is 9.85 Å². The Kier molecular flexibility index (Phi) is 3.72. The first-order valence-electron chi connectivity index (χ1n) is 7.65. The zero-order valence-corrected chi connectivity index (χ0v) is 12.4. The molecule has 7 heteroatoms. The van der Waals surface area contributed by atoms with E-state index in [9.17, 15) is 20.2 Å². The van der Waals surface area contributed by atoms with Crippen LogP contribution in [0, 0.1) is 38.0 Å². The van der Waals surface area contributed by atoms with Crippen molar-refractivity contribution >= 4 is 17.1 Å². The smallest absolute Gasteiger partial charge is 0.299 e. The van der Waals surface area contributed by atoms with E-state index in [0.717, 1.165) is 12.0 Å². The summed E-state index contributed by atoms with van der Waals surface area (Å²) < 4.78 is 0. The highest BCUT2D eigenvalue weighted by Gasteiger charge is 2.42. The molecule has 2 aliphatic carbocycles. The number of nitro benzene ring substituents is 2. The largest absolute Gasteiger partial charge is 0.377 e. The van der Waals surface area contributed by atoms with E-state index in [1.165, 1.54) is 37.8 Å². The molecule has 1 aromatic rings. The van der Waals surface area contributed by atoms with Gasteiger partial charge in [-0.2, -0.15) is 0 Å². The van der Waals surface area contributed by atoms with Crippen molar-refractivity contribution in [2.24, 2.45) is 17.8 Å². The summed E-state index contributed by atoms with van der Waals surface area (Å²) in [6.07, 6.45) is 5.02. The van der Waals surface area contributed by atoms with Crippen LogP contribution in [0.25, 0.3) is 0 Å². The molecule has 3 rings (SSSR count). The maximum Gasteiger partial charge on any atom is 0.299 e. The van der Waals surface area contributed by atoms with Crippen molar-refractivity contribution in [2.75, 3.05) is 5.32 Å². The van der Waals surface area contributed by atoms with Gasteiger partial charge in [-0.1, -0.05) is 6.42 Å². The van der Waals surface area contributed by atoms with E-state index in [1.807, 2.05) is 0 Å². The molecular weight excluding hydrogens is 286 g/mol. The molecule has 22 heavy (non-hydrogen) atoms. The molecule has 2 bridgehead atoms. The molecule has 0 spiro atoms. The quantitative estimate of drug-likeness (QED) is 0.660. The van der Waals surface area contributed by atoms with Gasteiger partial charge in [0.2, 0.25) is 0 Å². The highest BCUT2D eigenvalue weighted by molar-refractivity contribution is 5.65. The minimum Gasteiger partial charge on any atom is -0.377 e.